The summed E-state index contributed by atoms with van der Waals surface area (Å²) in [5.41, 5.74) is 0. The van der Waals surface area contributed by atoms with E-state index in [2.05, 4.69) is 21.5 Å². The van der Waals surface area contributed by atoms with E-state index in [1.54, 1.807) is 0 Å². The van der Waals surface area contributed by atoms with Crippen LogP contribution in [0.25, 0.3) is 0 Å². The van der Waals surface area contributed by atoms with Crippen molar-refractivity contribution < 1.29 is 4.79 Å². The van der Waals surface area contributed by atoms with Crippen LogP contribution < -0.4 is 10.6 Å². The van der Waals surface area contributed by atoms with Crippen molar-refractivity contribution in [2.24, 2.45) is 0 Å². The van der Waals surface area contributed by atoms with Gasteiger partial charge in [-0.3, -0.25) is 9.69 Å². The topological polar surface area (TPSA) is 44.4 Å². The Kier molecular flexibility index (Phi) is 5.03. The molecule has 0 atom stereocenters. The molecule has 0 unspecified atom stereocenters. The lowest BCUT2D eigenvalue weighted by molar-refractivity contribution is -0.121. The lowest BCUT2D eigenvalue weighted by atomic mass is 10.1. The van der Waals surface area contributed by atoms with Gasteiger partial charge >= 0.3 is 0 Å². The molecule has 2 N–H and O–H groups in total. The minimum atomic E-state index is 0.190. The van der Waals surface area contributed by atoms with Gasteiger partial charge in [-0.25, -0.2) is 0 Å². The fourth-order valence-corrected chi connectivity index (χ4v) is 2.34. The van der Waals surface area contributed by atoms with Crippen LogP contribution in [-0.4, -0.2) is 49.1 Å². The maximum atomic E-state index is 11.5. The van der Waals surface area contributed by atoms with Crippen molar-refractivity contribution in [2.45, 2.75) is 44.2 Å². The number of nitrogens with one attached hydrogen (secondary N) is 2. The Labute approximate surface area is 109 Å². The first-order valence-corrected chi connectivity index (χ1v) is 6.96. The van der Waals surface area contributed by atoms with Crippen LogP contribution in [-0.2, 0) is 4.79 Å². The van der Waals surface area contributed by atoms with Gasteiger partial charge in [-0.2, -0.15) is 0 Å². The minimum Gasteiger partial charge on any atom is -0.353 e. The minimum absolute atomic E-state index is 0.190. The molecule has 18 heavy (non-hydrogen) atoms. The van der Waals surface area contributed by atoms with Crippen molar-refractivity contribution in [1.29, 1.82) is 0 Å². The van der Waals surface area contributed by atoms with E-state index in [0.29, 0.717) is 18.5 Å². The van der Waals surface area contributed by atoms with Gasteiger partial charge in [0.05, 0.1) is 6.54 Å². The van der Waals surface area contributed by atoms with Crippen molar-refractivity contribution in [1.82, 2.24) is 15.5 Å². The number of hydrogen-bond acceptors (Lipinski definition) is 3. The molecule has 1 heterocycles. The largest absolute Gasteiger partial charge is 0.353 e. The summed E-state index contributed by atoms with van der Waals surface area (Å²) in [6, 6.07) is 1.03. The molecule has 2 rings (SSSR count). The average Bonchev–Trinajstić information content (AvgIpc) is 3.16. The van der Waals surface area contributed by atoms with Crippen molar-refractivity contribution in [3.05, 3.63) is 0 Å². The number of nitrogens with zero attached hydrogens (tertiary/aromatic N) is 1. The first kappa shape index (κ1) is 13.4. The summed E-state index contributed by atoms with van der Waals surface area (Å²) >= 11 is 0. The molecule has 0 aromatic heterocycles. The summed E-state index contributed by atoms with van der Waals surface area (Å²) in [6.45, 7) is 3.68. The molecule has 2 aliphatic rings. The van der Waals surface area contributed by atoms with Crippen LogP contribution in [0, 0.1) is 12.3 Å². The SMILES string of the molecule is C#CCN1CCC(NCCC(=O)NC2CC2)CC1. The zero-order chi connectivity index (χ0) is 12.8. The van der Waals surface area contributed by atoms with Gasteiger partial charge in [-0.15, -0.1) is 6.42 Å². The number of terminal acetylenes is 1. The third kappa shape index (κ3) is 4.67. The molecule has 1 aliphatic heterocycles. The predicted molar refractivity (Wildman–Crippen MR) is 72.1 cm³/mol. The van der Waals surface area contributed by atoms with Gasteiger partial charge in [0, 0.05) is 38.1 Å². The van der Waals surface area contributed by atoms with Crippen LogP contribution in [0.3, 0.4) is 0 Å². The van der Waals surface area contributed by atoms with Crippen LogP contribution in [0.15, 0.2) is 0 Å². The predicted octanol–water partition coefficient (Wildman–Crippen LogP) is 0.342. The first-order chi connectivity index (χ1) is 8.78. The maximum Gasteiger partial charge on any atom is 0.221 e. The second-order valence-electron chi connectivity index (χ2n) is 5.30. The van der Waals surface area contributed by atoms with Crippen molar-refractivity contribution in [3.63, 3.8) is 0 Å². The van der Waals surface area contributed by atoms with Crippen LogP contribution in [0.2, 0.25) is 0 Å². The highest BCUT2D eigenvalue weighted by molar-refractivity contribution is 5.76. The van der Waals surface area contributed by atoms with Gasteiger partial charge in [-0.1, -0.05) is 5.92 Å². The molecule has 0 aromatic carbocycles. The summed E-state index contributed by atoms with van der Waals surface area (Å²) in [6.07, 6.45) is 10.5. The third-order valence-corrected chi connectivity index (χ3v) is 3.63. The highest BCUT2D eigenvalue weighted by Gasteiger charge is 2.23. The Bertz CT molecular complexity index is 311. The summed E-state index contributed by atoms with van der Waals surface area (Å²) in [7, 11) is 0. The normalized spacial score (nSPS) is 21.5. The highest BCUT2D eigenvalue weighted by Crippen LogP contribution is 2.18. The number of piperidine rings is 1. The van der Waals surface area contributed by atoms with E-state index in [9.17, 15) is 4.79 Å². The zero-order valence-electron chi connectivity index (χ0n) is 11.0. The summed E-state index contributed by atoms with van der Waals surface area (Å²) in [5.74, 6) is 2.88. The molecule has 1 amide bonds. The number of carbonyl (C=O) groups excluding carboxylic acids is 1. The molecule has 0 radical (unpaired) electrons. The van der Waals surface area contributed by atoms with Gasteiger partial charge < -0.3 is 10.6 Å². The number of rotatable bonds is 6. The number of carbonyl (C=O) groups is 1. The lowest BCUT2D eigenvalue weighted by Gasteiger charge is -2.31. The van der Waals surface area contributed by atoms with E-state index in [1.807, 2.05) is 0 Å². The molecule has 1 saturated carbocycles. The van der Waals surface area contributed by atoms with E-state index in [0.717, 1.165) is 51.9 Å². The lowest BCUT2D eigenvalue weighted by Crippen LogP contribution is -2.43. The summed E-state index contributed by atoms with van der Waals surface area (Å²) in [5, 5.41) is 6.48. The Balaban J connectivity index is 1.52. The molecule has 1 saturated heterocycles. The second-order valence-corrected chi connectivity index (χ2v) is 5.30. The van der Waals surface area contributed by atoms with E-state index < -0.39 is 0 Å². The maximum absolute atomic E-state index is 11.5. The smallest absolute Gasteiger partial charge is 0.221 e. The van der Waals surface area contributed by atoms with Crippen LogP contribution in [0.4, 0.5) is 0 Å². The Hall–Kier alpha value is -1.05. The monoisotopic (exact) mass is 249 g/mol. The van der Waals surface area contributed by atoms with Gasteiger partial charge in [0.15, 0.2) is 0 Å². The van der Waals surface area contributed by atoms with Gasteiger partial charge in [-0.05, 0) is 25.7 Å². The van der Waals surface area contributed by atoms with Crippen molar-refractivity contribution >= 4 is 5.91 Å². The zero-order valence-corrected chi connectivity index (χ0v) is 11.0. The van der Waals surface area contributed by atoms with E-state index in [-0.39, 0.29) is 5.91 Å². The third-order valence-electron chi connectivity index (χ3n) is 3.63. The Morgan fingerprint density at radius 2 is 1.94 bits per heavy atom. The standard InChI is InChI=1S/C14H23N3O/c1-2-9-17-10-6-12(7-11-17)15-8-5-14(18)16-13-3-4-13/h1,12-13,15H,3-11H2,(H,16,18). The van der Waals surface area contributed by atoms with E-state index in [1.165, 1.54) is 0 Å². The van der Waals surface area contributed by atoms with Gasteiger partial charge in [0.2, 0.25) is 5.91 Å². The van der Waals surface area contributed by atoms with E-state index in [4.69, 9.17) is 6.42 Å². The summed E-state index contributed by atoms with van der Waals surface area (Å²) in [4.78, 5) is 13.8. The Morgan fingerprint density at radius 1 is 1.22 bits per heavy atom. The number of hydrogen-bond donors (Lipinski definition) is 2. The van der Waals surface area contributed by atoms with E-state index >= 15 is 0 Å². The summed E-state index contributed by atoms with van der Waals surface area (Å²) < 4.78 is 0. The highest BCUT2D eigenvalue weighted by atomic mass is 16.1. The molecule has 2 fully saturated rings. The van der Waals surface area contributed by atoms with Crippen molar-refractivity contribution in [3.8, 4) is 12.3 Å². The fourth-order valence-electron chi connectivity index (χ4n) is 2.34. The first-order valence-electron chi connectivity index (χ1n) is 6.96. The number of amides is 1. The quantitative estimate of drug-likeness (QED) is 0.667. The van der Waals surface area contributed by atoms with Crippen LogP contribution in [0.5, 0.6) is 0 Å². The van der Waals surface area contributed by atoms with Gasteiger partial charge in [0.25, 0.3) is 0 Å². The van der Waals surface area contributed by atoms with Crippen LogP contribution in [0.1, 0.15) is 32.1 Å². The molecule has 4 nitrogen and oxygen atoms in total. The molecule has 100 valence electrons. The second kappa shape index (κ2) is 6.77. The molecule has 0 aromatic rings. The molecule has 4 heteroatoms. The molecule has 0 bridgehead atoms. The Morgan fingerprint density at radius 3 is 2.56 bits per heavy atom. The molecule has 1 aliphatic carbocycles. The average molecular weight is 249 g/mol. The molecule has 0 spiro atoms. The molecular weight excluding hydrogens is 226 g/mol. The van der Waals surface area contributed by atoms with Crippen molar-refractivity contribution in [2.75, 3.05) is 26.2 Å². The van der Waals surface area contributed by atoms with Crippen LogP contribution >= 0.6 is 0 Å². The fraction of sp³-hybridized carbons (Fsp3) is 0.786. The molecular formula is C14H23N3O. The number of likely N-dealkylation sites (tertiary alicyclic amines) is 1. The van der Waals surface area contributed by atoms with Gasteiger partial charge in [0.1, 0.15) is 0 Å².